The Morgan fingerprint density at radius 2 is 2.33 bits per heavy atom. The lowest BCUT2D eigenvalue weighted by Gasteiger charge is -2.42. The molecule has 1 saturated heterocycles. The zero-order valence-corrected chi connectivity index (χ0v) is 7.75. The fourth-order valence-corrected chi connectivity index (χ4v) is 2.73. The van der Waals surface area contributed by atoms with Gasteiger partial charge in [0.05, 0.1) is 0 Å². The van der Waals surface area contributed by atoms with Crippen LogP contribution in [0.1, 0.15) is 39.0 Å². The van der Waals surface area contributed by atoms with E-state index in [2.05, 4.69) is 11.8 Å². The lowest BCUT2D eigenvalue weighted by Crippen LogP contribution is -2.48. The second kappa shape index (κ2) is 3.08. The Labute approximate surface area is 73.9 Å². The molecule has 0 unspecified atom stereocenters. The first-order valence-corrected chi connectivity index (χ1v) is 5.10. The third-order valence-electron chi connectivity index (χ3n) is 3.32. The fourth-order valence-electron chi connectivity index (χ4n) is 2.73. The van der Waals surface area contributed by atoms with Crippen molar-refractivity contribution in [2.24, 2.45) is 5.92 Å². The van der Waals surface area contributed by atoms with Crippen LogP contribution in [-0.2, 0) is 4.79 Å². The van der Waals surface area contributed by atoms with E-state index in [9.17, 15) is 4.79 Å². The summed E-state index contributed by atoms with van der Waals surface area (Å²) in [5, 5.41) is 0. The Morgan fingerprint density at radius 1 is 1.50 bits per heavy atom. The number of piperidine rings is 1. The Morgan fingerprint density at radius 3 is 3.08 bits per heavy atom. The molecule has 1 aliphatic heterocycles. The summed E-state index contributed by atoms with van der Waals surface area (Å²) in [5.41, 5.74) is 0. The SMILES string of the molecule is CCN1C(=O)C[C@H]2CCC[C@@H]1C2. The average molecular weight is 167 g/mol. The van der Waals surface area contributed by atoms with Crippen LogP contribution in [-0.4, -0.2) is 23.4 Å². The number of nitrogens with zero attached hydrogens (tertiary/aromatic N) is 1. The standard InChI is InChI=1S/C10H17NO/c1-2-11-9-5-3-4-8(6-9)7-10(11)12/h8-9H,2-7H2,1H3/t8-,9+/m0/s1. The summed E-state index contributed by atoms with van der Waals surface area (Å²) < 4.78 is 0. The summed E-state index contributed by atoms with van der Waals surface area (Å²) >= 11 is 0. The van der Waals surface area contributed by atoms with E-state index in [1.807, 2.05) is 0 Å². The van der Waals surface area contributed by atoms with Gasteiger partial charge in [0.15, 0.2) is 0 Å². The van der Waals surface area contributed by atoms with Gasteiger partial charge in [0, 0.05) is 19.0 Å². The third kappa shape index (κ3) is 1.23. The minimum absolute atomic E-state index is 0.401. The zero-order chi connectivity index (χ0) is 8.55. The molecular formula is C10H17NO. The average Bonchev–Trinajstić information content (AvgIpc) is 2.04. The van der Waals surface area contributed by atoms with E-state index in [1.54, 1.807) is 0 Å². The van der Waals surface area contributed by atoms with Crippen molar-refractivity contribution < 1.29 is 4.79 Å². The topological polar surface area (TPSA) is 20.3 Å². The van der Waals surface area contributed by atoms with Gasteiger partial charge in [0.25, 0.3) is 0 Å². The lowest BCUT2D eigenvalue weighted by molar-refractivity contribution is -0.139. The first-order valence-electron chi connectivity index (χ1n) is 5.10. The molecule has 0 aromatic carbocycles. The fraction of sp³-hybridized carbons (Fsp3) is 0.900. The number of rotatable bonds is 1. The van der Waals surface area contributed by atoms with Crippen molar-refractivity contribution in [2.45, 2.75) is 45.1 Å². The quantitative estimate of drug-likeness (QED) is 0.583. The molecule has 2 aliphatic rings. The summed E-state index contributed by atoms with van der Waals surface area (Å²) in [6, 6.07) is 0.593. The molecule has 1 amide bonds. The Balaban J connectivity index is 2.10. The second-order valence-electron chi connectivity index (χ2n) is 4.07. The van der Waals surface area contributed by atoms with Gasteiger partial charge < -0.3 is 4.90 Å². The first kappa shape index (κ1) is 8.09. The predicted octanol–water partition coefficient (Wildman–Crippen LogP) is 1.80. The van der Waals surface area contributed by atoms with Gasteiger partial charge in [0.2, 0.25) is 5.91 Å². The molecule has 2 fully saturated rings. The van der Waals surface area contributed by atoms with E-state index in [0.717, 1.165) is 18.9 Å². The van der Waals surface area contributed by atoms with Crippen molar-refractivity contribution in [3.05, 3.63) is 0 Å². The number of carbonyl (C=O) groups is 1. The largest absolute Gasteiger partial charge is 0.340 e. The second-order valence-corrected chi connectivity index (χ2v) is 4.07. The Bertz CT molecular complexity index is 190. The molecule has 0 N–H and O–H groups in total. The van der Waals surface area contributed by atoms with E-state index in [1.165, 1.54) is 25.7 Å². The Kier molecular flexibility index (Phi) is 2.07. The van der Waals surface area contributed by atoms with Crippen molar-refractivity contribution >= 4 is 5.91 Å². The van der Waals surface area contributed by atoms with Crippen molar-refractivity contribution in [3.8, 4) is 0 Å². The highest BCUT2D eigenvalue weighted by Crippen LogP contribution is 2.34. The number of hydrogen-bond donors (Lipinski definition) is 0. The summed E-state index contributed by atoms with van der Waals surface area (Å²) in [5.74, 6) is 1.12. The molecule has 1 saturated carbocycles. The van der Waals surface area contributed by atoms with E-state index < -0.39 is 0 Å². The van der Waals surface area contributed by atoms with E-state index >= 15 is 0 Å². The molecule has 2 atom stereocenters. The van der Waals surface area contributed by atoms with Gasteiger partial charge >= 0.3 is 0 Å². The van der Waals surface area contributed by atoms with Crippen LogP contribution >= 0.6 is 0 Å². The highest BCUT2D eigenvalue weighted by Gasteiger charge is 2.35. The van der Waals surface area contributed by atoms with E-state index in [4.69, 9.17) is 0 Å². The van der Waals surface area contributed by atoms with Crippen molar-refractivity contribution in [2.75, 3.05) is 6.54 Å². The van der Waals surface area contributed by atoms with Crippen LogP contribution in [0.5, 0.6) is 0 Å². The summed E-state index contributed by atoms with van der Waals surface area (Å²) in [7, 11) is 0. The molecule has 2 heteroatoms. The minimum Gasteiger partial charge on any atom is -0.340 e. The zero-order valence-electron chi connectivity index (χ0n) is 7.75. The lowest BCUT2D eigenvalue weighted by atomic mass is 9.79. The molecule has 1 heterocycles. The molecule has 0 aromatic rings. The van der Waals surface area contributed by atoms with Crippen molar-refractivity contribution in [1.82, 2.24) is 4.90 Å². The third-order valence-corrected chi connectivity index (χ3v) is 3.32. The molecule has 2 rings (SSSR count). The van der Waals surface area contributed by atoms with Crippen LogP contribution in [0, 0.1) is 5.92 Å². The molecular weight excluding hydrogens is 150 g/mol. The molecule has 0 aromatic heterocycles. The smallest absolute Gasteiger partial charge is 0.223 e. The van der Waals surface area contributed by atoms with Gasteiger partial charge in [-0.1, -0.05) is 6.42 Å². The van der Waals surface area contributed by atoms with Crippen LogP contribution in [0.4, 0.5) is 0 Å². The normalized spacial score (nSPS) is 35.4. The maximum atomic E-state index is 11.6. The molecule has 2 bridgehead atoms. The van der Waals surface area contributed by atoms with Gasteiger partial charge in [-0.25, -0.2) is 0 Å². The maximum Gasteiger partial charge on any atom is 0.223 e. The van der Waals surface area contributed by atoms with Gasteiger partial charge in [-0.2, -0.15) is 0 Å². The van der Waals surface area contributed by atoms with Gasteiger partial charge in [-0.15, -0.1) is 0 Å². The van der Waals surface area contributed by atoms with Gasteiger partial charge in [0.1, 0.15) is 0 Å². The summed E-state index contributed by atoms with van der Waals surface area (Å²) in [4.78, 5) is 13.6. The molecule has 0 radical (unpaired) electrons. The molecule has 68 valence electrons. The Hall–Kier alpha value is -0.530. The van der Waals surface area contributed by atoms with E-state index in [0.29, 0.717) is 11.9 Å². The maximum absolute atomic E-state index is 11.6. The number of carbonyl (C=O) groups excluding carboxylic acids is 1. The molecule has 0 spiro atoms. The molecule has 2 nitrogen and oxygen atoms in total. The number of fused-ring (bicyclic) bond motifs is 2. The van der Waals surface area contributed by atoms with Gasteiger partial charge in [-0.3, -0.25) is 4.79 Å². The molecule has 12 heavy (non-hydrogen) atoms. The number of hydrogen-bond acceptors (Lipinski definition) is 1. The first-order chi connectivity index (χ1) is 5.81. The minimum atomic E-state index is 0.401. The van der Waals surface area contributed by atoms with Crippen LogP contribution in [0.25, 0.3) is 0 Å². The van der Waals surface area contributed by atoms with Crippen LogP contribution in [0.3, 0.4) is 0 Å². The van der Waals surface area contributed by atoms with Crippen molar-refractivity contribution in [3.63, 3.8) is 0 Å². The van der Waals surface area contributed by atoms with Crippen LogP contribution in [0.15, 0.2) is 0 Å². The van der Waals surface area contributed by atoms with Crippen LogP contribution < -0.4 is 0 Å². The summed E-state index contributed by atoms with van der Waals surface area (Å²) in [6.07, 6.45) is 5.97. The van der Waals surface area contributed by atoms with Crippen molar-refractivity contribution in [1.29, 1.82) is 0 Å². The predicted molar refractivity (Wildman–Crippen MR) is 47.8 cm³/mol. The summed E-state index contributed by atoms with van der Waals surface area (Å²) in [6.45, 7) is 3.00. The highest BCUT2D eigenvalue weighted by atomic mass is 16.2. The van der Waals surface area contributed by atoms with E-state index in [-0.39, 0.29) is 0 Å². The number of amides is 1. The molecule has 1 aliphatic carbocycles. The highest BCUT2D eigenvalue weighted by molar-refractivity contribution is 5.77. The van der Waals surface area contributed by atoms with Gasteiger partial charge in [-0.05, 0) is 32.1 Å². The monoisotopic (exact) mass is 167 g/mol. The number of likely N-dealkylation sites (tertiary alicyclic amines) is 1. The van der Waals surface area contributed by atoms with Crippen LogP contribution in [0.2, 0.25) is 0 Å².